The van der Waals surface area contributed by atoms with Crippen LogP contribution in [0.2, 0.25) is 0 Å². The van der Waals surface area contributed by atoms with Crippen LogP contribution in [0.25, 0.3) is 0 Å². The van der Waals surface area contributed by atoms with Crippen molar-refractivity contribution in [3.05, 3.63) is 0 Å². The zero-order chi connectivity index (χ0) is 12.3. The van der Waals surface area contributed by atoms with E-state index in [9.17, 15) is 9.59 Å². The molecule has 0 bridgehead atoms. The summed E-state index contributed by atoms with van der Waals surface area (Å²) in [5, 5.41) is 3.06. The average Bonchev–Trinajstić information content (AvgIpc) is 2.89. The maximum absolute atomic E-state index is 12.1. The van der Waals surface area contributed by atoms with Gasteiger partial charge in [0.05, 0.1) is 12.5 Å². The van der Waals surface area contributed by atoms with Crippen LogP contribution in [-0.2, 0) is 9.59 Å². The molecule has 0 spiro atoms. The molecule has 1 aliphatic heterocycles. The minimum Gasteiger partial charge on any atom is -0.304 e. The quantitative estimate of drug-likeness (QED) is 0.442. The van der Waals surface area contributed by atoms with Crippen molar-refractivity contribution in [3.63, 3.8) is 0 Å². The molecule has 2 fully saturated rings. The third kappa shape index (κ3) is 2.50. The molecule has 1 N–H and O–H groups in total. The number of nitrogens with one attached hydrogen (secondary N) is 1. The Morgan fingerprint density at radius 2 is 2.06 bits per heavy atom. The Bertz CT molecular complexity index is 353. The molecule has 1 heterocycles. The number of hydrogen-bond acceptors (Lipinski definition) is 3. The Hall–Kier alpha value is -1.34. The second kappa shape index (κ2) is 5.33. The molecule has 1 unspecified atom stereocenters. The van der Waals surface area contributed by atoms with E-state index in [1.807, 2.05) is 0 Å². The molecule has 1 atom stereocenters. The maximum Gasteiger partial charge on any atom is 0.247 e. The summed E-state index contributed by atoms with van der Waals surface area (Å²) in [6.45, 7) is 0.596. The lowest BCUT2D eigenvalue weighted by atomic mass is 10.2. The number of hydrogen-bond donors (Lipinski definition) is 1. The van der Waals surface area contributed by atoms with Crippen LogP contribution in [0.1, 0.15) is 38.5 Å². The highest BCUT2D eigenvalue weighted by Gasteiger charge is 2.42. The second-order valence-corrected chi connectivity index (χ2v) is 4.71. The van der Waals surface area contributed by atoms with Crippen LogP contribution in [0.4, 0.5) is 0 Å². The lowest BCUT2D eigenvalue weighted by Crippen LogP contribution is -2.43. The predicted molar refractivity (Wildman–Crippen MR) is 64.0 cm³/mol. The first-order valence-corrected chi connectivity index (χ1v) is 6.27. The molecule has 0 radical (unpaired) electrons. The summed E-state index contributed by atoms with van der Waals surface area (Å²) in [4.78, 5) is 25.4. The van der Waals surface area contributed by atoms with Crippen molar-refractivity contribution >= 4 is 11.8 Å². The van der Waals surface area contributed by atoms with E-state index >= 15 is 0 Å². The van der Waals surface area contributed by atoms with E-state index in [0.717, 1.165) is 25.7 Å². The molecule has 0 aromatic rings. The van der Waals surface area contributed by atoms with E-state index in [1.54, 1.807) is 0 Å². The molecule has 1 aliphatic carbocycles. The van der Waals surface area contributed by atoms with Crippen LogP contribution in [0.5, 0.6) is 0 Å². The number of rotatable bonds is 4. The fourth-order valence-corrected chi connectivity index (χ4v) is 2.68. The lowest BCUT2D eigenvalue weighted by molar-refractivity contribution is -0.141. The van der Waals surface area contributed by atoms with Crippen molar-refractivity contribution in [2.45, 2.75) is 50.6 Å². The molecule has 1 saturated heterocycles. The van der Waals surface area contributed by atoms with Gasteiger partial charge in [-0.3, -0.25) is 14.5 Å². The van der Waals surface area contributed by atoms with Crippen molar-refractivity contribution in [1.82, 2.24) is 10.2 Å². The fraction of sp³-hybridized carbons (Fsp3) is 0.692. The summed E-state index contributed by atoms with van der Waals surface area (Å²) in [5.41, 5.74) is 0. The molecule has 4 heteroatoms. The van der Waals surface area contributed by atoms with Crippen LogP contribution in [0.15, 0.2) is 0 Å². The number of carbonyl (C=O) groups excluding carboxylic acids is 2. The van der Waals surface area contributed by atoms with Gasteiger partial charge in [0.1, 0.15) is 0 Å². The largest absolute Gasteiger partial charge is 0.304 e. The van der Waals surface area contributed by atoms with Gasteiger partial charge in [0, 0.05) is 19.0 Å². The van der Waals surface area contributed by atoms with Gasteiger partial charge in [0.2, 0.25) is 11.8 Å². The van der Waals surface area contributed by atoms with Crippen LogP contribution >= 0.6 is 0 Å². The number of amides is 2. The number of carbonyl (C=O) groups is 2. The van der Waals surface area contributed by atoms with Crippen LogP contribution < -0.4 is 5.32 Å². The third-order valence-corrected chi connectivity index (χ3v) is 3.53. The predicted octanol–water partition coefficient (Wildman–Crippen LogP) is 0.669. The molecule has 2 aliphatic rings. The highest BCUT2D eigenvalue weighted by Crippen LogP contribution is 2.28. The van der Waals surface area contributed by atoms with Crippen LogP contribution in [0, 0.1) is 12.3 Å². The molecule has 0 aromatic heterocycles. The summed E-state index contributed by atoms with van der Waals surface area (Å²) < 4.78 is 0. The summed E-state index contributed by atoms with van der Waals surface area (Å²) in [7, 11) is 0. The summed E-state index contributed by atoms with van der Waals surface area (Å²) in [5.74, 6) is 2.43. The fourth-order valence-electron chi connectivity index (χ4n) is 2.68. The number of likely N-dealkylation sites (tertiary alicyclic amines) is 1. The molecule has 2 amide bonds. The van der Waals surface area contributed by atoms with E-state index in [1.165, 1.54) is 4.90 Å². The van der Waals surface area contributed by atoms with Gasteiger partial charge >= 0.3 is 0 Å². The van der Waals surface area contributed by atoms with Crippen molar-refractivity contribution in [3.8, 4) is 12.3 Å². The van der Waals surface area contributed by atoms with E-state index in [2.05, 4.69) is 11.2 Å². The Labute approximate surface area is 102 Å². The number of nitrogens with zero attached hydrogens (tertiary/aromatic N) is 1. The standard InChI is InChI=1S/C13H18N2O2/c1-2-3-8-14-11-9-12(16)15(13(11)17)10-6-4-5-7-10/h1,10-11,14H,3-9H2. The van der Waals surface area contributed by atoms with Gasteiger partial charge in [-0.05, 0) is 12.8 Å². The van der Waals surface area contributed by atoms with E-state index < -0.39 is 0 Å². The zero-order valence-corrected chi connectivity index (χ0v) is 9.95. The molecular weight excluding hydrogens is 216 g/mol. The Morgan fingerprint density at radius 1 is 1.35 bits per heavy atom. The molecule has 17 heavy (non-hydrogen) atoms. The van der Waals surface area contributed by atoms with E-state index in [4.69, 9.17) is 6.42 Å². The highest BCUT2D eigenvalue weighted by atomic mass is 16.2. The normalized spacial score (nSPS) is 25.6. The first kappa shape index (κ1) is 12.1. The molecular formula is C13H18N2O2. The van der Waals surface area contributed by atoms with Crippen LogP contribution in [-0.4, -0.2) is 35.3 Å². The topological polar surface area (TPSA) is 49.4 Å². The first-order valence-electron chi connectivity index (χ1n) is 6.27. The van der Waals surface area contributed by atoms with Crippen LogP contribution in [0.3, 0.4) is 0 Å². The van der Waals surface area contributed by atoms with Crippen molar-refractivity contribution < 1.29 is 9.59 Å². The minimum atomic E-state index is -0.351. The molecule has 2 rings (SSSR count). The molecule has 1 saturated carbocycles. The Morgan fingerprint density at radius 3 is 2.71 bits per heavy atom. The average molecular weight is 234 g/mol. The van der Waals surface area contributed by atoms with Gasteiger partial charge in [-0.25, -0.2) is 0 Å². The van der Waals surface area contributed by atoms with Gasteiger partial charge in [0.25, 0.3) is 0 Å². The molecule has 0 aromatic carbocycles. The van der Waals surface area contributed by atoms with Crippen molar-refractivity contribution in [2.24, 2.45) is 0 Å². The van der Waals surface area contributed by atoms with Gasteiger partial charge in [-0.2, -0.15) is 0 Å². The maximum atomic E-state index is 12.1. The lowest BCUT2D eigenvalue weighted by Gasteiger charge is -2.22. The van der Waals surface area contributed by atoms with Gasteiger partial charge in [0.15, 0.2) is 0 Å². The minimum absolute atomic E-state index is 0.0277. The Balaban J connectivity index is 1.94. The SMILES string of the molecule is C#CCCNC1CC(=O)N(C2CCCC2)C1=O. The smallest absolute Gasteiger partial charge is 0.247 e. The molecule has 4 nitrogen and oxygen atoms in total. The van der Waals surface area contributed by atoms with Gasteiger partial charge in [-0.15, -0.1) is 12.3 Å². The first-order chi connectivity index (χ1) is 8.24. The van der Waals surface area contributed by atoms with E-state index in [-0.39, 0.29) is 23.9 Å². The second-order valence-electron chi connectivity index (χ2n) is 4.71. The highest BCUT2D eigenvalue weighted by molar-refractivity contribution is 6.05. The van der Waals surface area contributed by atoms with Gasteiger partial charge in [-0.1, -0.05) is 12.8 Å². The zero-order valence-electron chi connectivity index (χ0n) is 9.95. The van der Waals surface area contributed by atoms with E-state index in [0.29, 0.717) is 19.4 Å². The third-order valence-electron chi connectivity index (χ3n) is 3.53. The summed E-state index contributed by atoms with van der Waals surface area (Å²) in [6.07, 6.45) is 10.2. The van der Waals surface area contributed by atoms with Gasteiger partial charge < -0.3 is 5.32 Å². The monoisotopic (exact) mass is 234 g/mol. The number of imide groups is 1. The summed E-state index contributed by atoms with van der Waals surface area (Å²) >= 11 is 0. The Kier molecular flexibility index (Phi) is 3.80. The number of terminal acetylenes is 1. The van der Waals surface area contributed by atoms with Crippen molar-refractivity contribution in [1.29, 1.82) is 0 Å². The summed E-state index contributed by atoms with van der Waals surface area (Å²) in [6, 6.07) is -0.203. The van der Waals surface area contributed by atoms with Crippen molar-refractivity contribution in [2.75, 3.05) is 6.54 Å². The molecule has 92 valence electrons.